The minimum atomic E-state index is 0.790. The molecule has 2 aromatic rings. The van der Waals surface area contributed by atoms with Gasteiger partial charge in [-0.3, -0.25) is 0 Å². The third-order valence-electron chi connectivity index (χ3n) is 5.58. The molecule has 0 saturated carbocycles. The Kier molecular flexibility index (Phi) is 12.2. The molecule has 0 saturated heterocycles. The smallest absolute Gasteiger partial charge is 0.159 e. The highest BCUT2D eigenvalue weighted by Gasteiger charge is 2.03. The first-order valence-corrected chi connectivity index (χ1v) is 12.2. The van der Waals surface area contributed by atoms with Crippen molar-refractivity contribution in [2.24, 2.45) is 5.92 Å². The summed E-state index contributed by atoms with van der Waals surface area (Å²) in [6, 6.07) is 8.17. The molecule has 0 aliphatic carbocycles. The van der Waals surface area contributed by atoms with Crippen molar-refractivity contribution in [3.63, 3.8) is 0 Å². The van der Waals surface area contributed by atoms with Gasteiger partial charge in [-0.25, -0.2) is 9.97 Å². The molecule has 3 nitrogen and oxygen atoms in total. The zero-order valence-corrected chi connectivity index (χ0v) is 19.5. The van der Waals surface area contributed by atoms with Crippen molar-refractivity contribution in [3.05, 3.63) is 42.2 Å². The number of aryl methyl sites for hydroxylation is 1. The molecule has 0 bridgehead atoms. The number of ether oxygens (including phenoxy) is 1. The maximum atomic E-state index is 5.89. The van der Waals surface area contributed by atoms with E-state index in [9.17, 15) is 0 Å². The molecule has 0 unspecified atom stereocenters. The van der Waals surface area contributed by atoms with Crippen LogP contribution in [-0.4, -0.2) is 16.6 Å². The van der Waals surface area contributed by atoms with Crippen LogP contribution < -0.4 is 4.74 Å². The van der Waals surface area contributed by atoms with Gasteiger partial charge in [0.15, 0.2) is 5.82 Å². The Hall–Kier alpha value is -1.90. The second-order valence-corrected chi connectivity index (χ2v) is 8.90. The highest BCUT2D eigenvalue weighted by molar-refractivity contribution is 5.55. The van der Waals surface area contributed by atoms with Gasteiger partial charge in [0.2, 0.25) is 0 Å². The van der Waals surface area contributed by atoms with Crippen LogP contribution >= 0.6 is 0 Å². The molecule has 3 heteroatoms. The van der Waals surface area contributed by atoms with E-state index in [0.717, 1.165) is 42.5 Å². The van der Waals surface area contributed by atoms with Crippen molar-refractivity contribution in [1.82, 2.24) is 9.97 Å². The van der Waals surface area contributed by atoms with Gasteiger partial charge in [-0.05, 0) is 55.0 Å². The molecule has 1 heterocycles. The summed E-state index contributed by atoms with van der Waals surface area (Å²) in [4.78, 5) is 9.13. The van der Waals surface area contributed by atoms with E-state index in [2.05, 4.69) is 42.9 Å². The maximum absolute atomic E-state index is 5.89. The first-order valence-electron chi connectivity index (χ1n) is 12.2. The molecule has 0 amide bonds. The molecule has 1 aromatic carbocycles. The van der Waals surface area contributed by atoms with E-state index in [1.165, 1.54) is 69.8 Å². The quantitative estimate of drug-likeness (QED) is 0.263. The van der Waals surface area contributed by atoms with Gasteiger partial charge in [0, 0.05) is 18.0 Å². The summed E-state index contributed by atoms with van der Waals surface area (Å²) in [6.45, 7) is 7.66. The first kappa shape index (κ1) is 24.4. The molecule has 1 aromatic heterocycles. The minimum Gasteiger partial charge on any atom is -0.494 e. The van der Waals surface area contributed by atoms with Crippen LogP contribution in [0.2, 0.25) is 0 Å². The molecule has 0 aliphatic heterocycles. The van der Waals surface area contributed by atoms with Gasteiger partial charge in [0.1, 0.15) is 5.75 Å². The van der Waals surface area contributed by atoms with Gasteiger partial charge in [-0.15, -0.1) is 0 Å². The van der Waals surface area contributed by atoms with Gasteiger partial charge < -0.3 is 4.74 Å². The van der Waals surface area contributed by atoms with E-state index in [0.29, 0.717) is 0 Å². The Labute approximate surface area is 184 Å². The zero-order valence-electron chi connectivity index (χ0n) is 19.5. The summed E-state index contributed by atoms with van der Waals surface area (Å²) >= 11 is 0. The lowest BCUT2D eigenvalue weighted by Gasteiger charge is -2.08. The number of aromatic nitrogens is 2. The molecule has 0 radical (unpaired) electrons. The molecule has 0 N–H and O–H groups in total. The molecule has 0 spiro atoms. The molecule has 0 fully saturated rings. The fraction of sp³-hybridized carbons (Fsp3) is 0.630. The van der Waals surface area contributed by atoms with Gasteiger partial charge in [-0.2, -0.15) is 0 Å². The largest absolute Gasteiger partial charge is 0.494 e. The van der Waals surface area contributed by atoms with Crippen LogP contribution in [0, 0.1) is 5.92 Å². The van der Waals surface area contributed by atoms with E-state index >= 15 is 0 Å². The number of nitrogens with zero attached hydrogens (tertiary/aromatic N) is 2. The summed E-state index contributed by atoms with van der Waals surface area (Å²) in [5, 5.41) is 0. The fourth-order valence-corrected chi connectivity index (χ4v) is 3.64. The lowest BCUT2D eigenvalue weighted by Crippen LogP contribution is -1.98. The SMILES string of the molecule is CCCCCCCc1cnc(-c2ccc(OCCCCCCCC(C)C)cc2)nc1. The van der Waals surface area contributed by atoms with Crippen molar-refractivity contribution >= 4 is 0 Å². The van der Waals surface area contributed by atoms with Crippen LogP contribution in [0.4, 0.5) is 0 Å². The Balaban J connectivity index is 1.65. The fourth-order valence-electron chi connectivity index (χ4n) is 3.64. The van der Waals surface area contributed by atoms with Crippen LogP contribution in [0.3, 0.4) is 0 Å². The molecule has 0 aliphatic rings. The normalized spacial score (nSPS) is 11.2. The Morgan fingerprint density at radius 2 is 1.40 bits per heavy atom. The molecule has 2 rings (SSSR count). The topological polar surface area (TPSA) is 35.0 Å². The monoisotopic (exact) mass is 410 g/mol. The first-order chi connectivity index (χ1) is 14.7. The van der Waals surface area contributed by atoms with Gasteiger partial charge >= 0.3 is 0 Å². The molecule has 166 valence electrons. The standard InChI is InChI=1S/C27H42N2O/c1-4-5-6-8-12-15-24-21-28-27(29-22-24)25-16-18-26(19-17-25)30-20-13-10-7-9-11-14-23(2)3/h16-19,21-23H,4-15,20H2,1-3H3. The predicted molar refractivity (Wildman–Crippen MR) is 128 cm³/mol. The summed E-state index contributed by atoms with van der Waals surface area (Å²) in [7, 11) is 0. The van der Waals surface area contributed by atoms with E-state index in [1.807, 2.05) is 24.5 Å². The molecular formula is C27H42N2O. The summed E-state index contributed by atoms with van der Waals surface area (Å²) in [6.07, 6.45) is 19.3. The van der Waals surface area contributed by atoms with Crippen LogP contribution in [0.1, 0.15) is 97.0 Å². The van der Waals surface area contributed by atoms with Crippen LogP contribution in [0.25, 0.3) is 11.4 Å². The second-order valence-electron chi connectivity index (χ2n) is 8.90. The molecule has 30 heavy (non-hydrogen) atoms. The highest BCUT2D eigenvalue weighted by atomic mass is 16.5. The van der Waals surface area contributed by atoms with Crippen molar-refractivity contribution in [1.29, 1.82) is 0 Å². The summed E-state index contributed by atoms with van der Waals surface area (Å²) < 4.78 is 5.89. The Morgan fingerprint density at radius 1 is 0.767 bits per heavy atom. The Morgan fingerprint density at radius 3 is 2.10 bits per heavy atom. The maximum Gasteiger partial charge on any atom is 0.159 e. The Bertz CT molecular complexity index is 664. The number of hydrogen-bond acceptors (Lipinski definition) is 3. The van der Waals surface area contributed by atoms with E-state index < -0.39 is 0 Å². The summed E-state index contributed by atoms with van der Waals surface area (Å²) in [5.74, 6) is 2.56. The van der Waals surface area contributed by atoms with E-state index in [1.54, 1.807) is 0 Å². The highest BCUT2D eigenvalue weighted by Crippen LogP contribution is 2.20. The van der Waals surface area contributed by atoms with Crippen molar-refractivity contribution in [2.75, 3.05) is 6.61 Å². The van der Waals surface area contributed by atoms with Crippen molar-refractivity contribution < 1.29 is 4.74 Å². The third-order valence-corrected chi connectivity index (χ3v) is 5.58. The van der Waals surface area contributed by atoms with Gasteiger partial charge in [0.25, 0.3) is 0 Å². The lowest BCUT2D eigenvalue weighted by molar-refractivity contribution is 0.304. The predicted octanol–water partition coefficient (Wildman–Crippen LogP) is 8.03. The average Bonchev–Trinajstić information content (AvgIpc) is 2.76. The zero-order chi connectivity index (χ0) is 21.4. The van der Waals surface area contributed by atoms with Gasteiger partial charge in [-0.1, -0.05) is 78.6 Å². The van der Waals surface area contributed by atoms with E-state index in [-0.39, 0.29) is 0 Å². The van der Waals surface area contributed by atoms with Crippen LogP contribution in [0.15, 0.2) is 36.7 Å². The molecular weight excluding hydrogens is 368 g/mol. The average molecular weight is 411 g/mol. The third kappa shape index (κ3) is 10.2. The van der Waals surface area contributed by atoms with Crippen molar-refractivity contribution in [2.45, 2.75) is 97.8 Å². The lowest BCUT2D eigenvalue weighted by atomic mass is 10.0. The van der Waals surface area contributed by atoms with Crippen molar-refractivity contribution in [3.8, 4) is 17.1 Å². The second kappa shape index (κ2) is 15.0. The number of rotatable bonds is 16. The minimum absolute atomic E-state index is 0.790. The van der Waals surface area contributed by atoms with Crippen LogP contribution in [-0.2, 0) is 6.42 Å². The van der Waals surface area contributed by atoms with Gasteiger partial charge in [0.05, 0.1) is 6.61 Å². The number of unbranched alkanes of at least 4 members (excludes halogenated alkanes) is 8. The summed E-state index contributed by atoms with van der Waals surface area (Å²) in [5.41, 5.74) is 2.28. The number of hydrogen-bond donors (Lipinski definition) is 0. The van der Waals surface area contributed by atoms with E-state index in [4.69, 9.17) is 4.74 Å². The molecule has 0 atom stereocenters. The van der Waals surface area contributed by atoms with Crippen LogP contribution in [0.5, 0.6) is 5.75 Å². The number of benzene rings is 1.